The van der Waals surface area contributed by atoms with Gasteiger partial charge in [-0.3, -0.25) is 0 Å². The summed E-state index contributed by atoms with van der Waals surface area (Å²) in [6.45, 7) is 2.06. The number of nitrogens with one attached hydrogen (secondary N) is 1. The highest BCUT2D eigenvalue weighted by Crippen LogP contribution is 2.24. The Morgan fingerprint density at radius 2 is 2.12 bits per heavy atom. The lowest BCUT2D eigenvalue weighted by atomic mass is 10.1. The van der Waals surface area contributed by atoms with Crippen molar-refractivity contribution in [3.8, 4) is 11.4 Å². The van der Waals surface area contributed by atoms with Crippen LogP contribution in [0.2, 0.25) is 0 Å². The molecule has 1 unspecified atom stereocenters. The fraction of sp³-hybridized carbons (Fsp3) is 0.308. The van der Waals surface area contributed by atoms with Gasteiger partial charge in [-0.15, -0.1) is 0 Å². The number of benzene rings is 1. The highest BCUT2D eigenvalue weighted by molar-refractivity contribution is 5.38. The minimum Gasteiger partial charge on any atom is -0.508 e. The molecule has 2 aromatic rings. The molecule has 1 aromatic carbocycles. The van der Waals surface area contributed by atoms with Crippen LogP contribution in [-0.4, -0.2) is 27.7 Å². The maximum absolute atomic E-state index is 9.30. The summed E-state index contributed by atoms with van der Waals surface area (Å²) in [4.78, 5) is 4.46. The van der Waals surface area contributed by atoms with Crippen molar-refractivity contribution in [1.29, 1.82) is 0 Å². The number of hydrogen-bond donors (Lipinski definition) is 2. The molecule has 0 aliphatic carbocycles. The molecule has 0 radical (unpaired) electrons. The number of nitrogens with zero attached hydrogens (tertiary/aromatic N) is 2. The molecule has 2 heterocycles. The Morgan fingerprint density at radius 3 is 2.82 bits per heavy atom. The third kappa shape index (κ3) is 1.91. The molecule has 1 fully saturated rings. The number of rotatable bonds is 2. The zero-order valence-corrected chi connectivity index (χ0v) is 9.50. The Kier molecular flexibility index (Phi) is 2.57. The molecule has 17 heavy (non-hydrogen) atoms. The van der Waals surface area contributed by atoms with Crippen LogP contribution < -0.4 is 5.32 Å². The van der Waals surface area contributed by atoms with Gasteiger partial charge >= 0.3 is 0 Å². The van der Waals surface area contributed by atoms with E-state index in [0.717, 1.165) is 31.0 Å². The van der Waals surface area contributed by atoms with Crippen LogP contribution in [0.5, 0.6) is 5.75 Å². The predicted molar refractivity (Wildman–Crippen MR) is 65.5 cm³/mol. The van der Waals surface area contributed by atoms with Crippen LogP contribution in [0.3, 0.4) is 0 Å². The summed E-state index contributed by atoms with van der Waals surface area (Å²) in [5.41, 5.74) is 1.04. The molecule has 4 heteroatoms. The summed E-state index contributed by atoms with van der Waals surface area (Å²) < 4.78 is 2.09. The normalized spacial score (nSPS) is 19.6. The Bertz CT molecular complexity index is 498. The molecule has 1 aliphatic heterocycles. The molecule has 0 amide bonds. The second-order valence-electron chi connectivity index (χ2n) is 4.36. The molecule has 88 valence electrons. The van der Waals surface area contributed by atoms with Crippen LogP contribution in [0.4, 0.5) is 0 Å². The van der Waals surface area contributed by atoms with E-state index in [9.17, 15) is 5.11 Å². The van der Waals surface area contributed by atoms with E-state index in [1.165, 1.54) is 0 Å². The van der Waals surface area contributed by atoms with Crippen molar-refractivity contribution < 1.29 is 5.11 Å². The molecule has 0 saturated carbocycles. The van der Waals surface area contributed by atoms with Gasteiger partial charge in [0.2, 0.25) is 0 Å². The average molecular weight is 229 g/mol. The number of aromatic nitrogens is 2. The lowest BCUT2D eigenvalue weighted by Crippen LogP contribution is -2.11. The van der Waals surface area contributed by atoms with Gasteiger partial charge in [0, 0.05) is 30.5 Å². The molecule has 0 bridgehead atoms. The Labute approximate surface area is 99.9 Å². The van der Waals surface area contributed by atoms with Gasteiger partial charge in [0.1, 0.15) is 11.6 Å². The first-order valence-corrected chi connectivity index (χ1v) is 5.88. The van der Waals surface area contributed by atoms with Crippen LogP contribution in [-0.2, 0) is 0 Å². The summed E-state index contributed by atoms with van der Waals surface area (Å²) in [6.07, 6.45) is 4.94. The predicted octanol–water partition coefficient (Wildman–Crippen LogP) is 1.65. The largest absolute Gasteiger partial charge is 0.508 e. The summed E-state index contributed by atoms with van der Waals surface area (Å²) in [5.74, 6) is 1.87. The SMILES string of the molecule is Oc1ccc(-n2ccnc2C2CCNC2)cc1. The van der Waals surface area contributed by atoms with Crippen LogP contribution in [0.1, 0.15) is 18.2 Å². The van der Waals surface area contributed by atoms with Gasteiger partial charge in [-0.1, -0.05) is 0 Å². The van der Waals surface area contributed by atoms with Crippen molar-refractivity contribution in [2.75, 3.05) is 13.1 Å². The second-order valence-corrected chi connectivity index (χ2v) is 4.36. The van der Waals surface area contributed by atoms with Crippen molar-refractivity contribution in [2.24, 2.45) is 0 Å². The molecule has 4 nitrogen and oxygen atoms in total. The van der Waals surface area contributed by atoms with Gasteiger partial charge in [0.25, 0.3) is 0 Å². The van der Waals surface area contributed by atoms with E-state index in [0.29, 0.717) is 5.92 Å². The molecular formula is C13H15N3O. The van der Waals surface area contributed by atoms with Gasteiger partial charge in [-0.2, -0.15) is 0 Å². The number of aromatic hydroxyl groups is 1. The lowest BCUT2D eigenvalue weighted by molar-refractivity contribution is 0.475. The first-order valence-electron chi connectivity index (χ1n) is 5.88. The first-order chi connectivity index (χ1) is 8.34. The van der Waals surface area contributed by atoms with Crippen molar-refractivity contribution >= 4 is 0 Å². The lowest BCUT2D eigenvalue weighted by Gasteiger charge is -2.12. The zero-order chi connectivity index (χ0) is 11.7. The van der Waals surface area contributed by atoms with E-state index in [-0.39, 0.29) is 5.75 Å². The van der Waals surface area contributed by atoms with E-state index in [4.69, 9.17) is 0 Å². The van der Waals surface area contributed by atoms with E-state index < -0.39 is 0 Å². The van der Waals surface area contributed by atoms with Crippen molar-refractivity contribution in [3.63, 3.8) is 0 Å². The van der Waals surface area contributed by atoms with Crippen LogP contribution in [0, 0.1) is 0 Å². The Hall–Kier alpha value is -1.81. The standard InChI is InChI=1S/C13H15N3O/c17-12-3-1-11(2-4-12)16-8-7-15-13(16)10-5-6-14-9-10/h1-4,7-8,10,14,17H,5-6,9H2. The Morgan fingerprint density at radius 1 is 1.29 bits per heavy atom. The smallest absolute Gasteiger partial charge is 0.117 e. The second kappa shape index (κ2) is 4.22. The highest BCUT2D eigenvalue weighted by Gasteiger charge is 2.21. The van der Waals surface area contributed by atoms with Crippen LogP contribution >= 0.6 is 0 Å². The monoisotopic (exact) mass is 229 g/mol. The summed E-state index contributed by atoms with van der Waals surface area (Å²) in [5, 5.41) is 12.7. The Balaban J connectivity index is 1.97. The molecule has 1 atom stereocenters. The van der Waals surface area contributed by atoms with Crippen molar-refractivity contribution in [2.45, 2.75) is 12.3 Å². The quantitative estimate of drug-likeness (QED) is 0.823. The third-order valence-corrected chi connectivity index (χ3v) is 3.22. The van der Waals surface area contributed by atoms with Crippen molar-refractivity contribution in [1.82, 2.24) is 14.9 Å². The number of hydrogen-bond acceptors (Lipinski definition) is 3. The number of phenols is 1. The summed E-state index contributed by atoms with van der Waals surface area (Å²) >= 11 is 0. The van der Waals surface area contributed by atoms with Gasteiger partial charge in [-0.05, 0) is 37.2 Å². The molecule has 2 N–H and O–H groups in total. The molecule has 1 saturated heterocycles. The average Bonchev–Trinajstić information content (AvgIpc) is 3.00. The first kappa shape index (κ1) is 10.4. The third-order valence-electron chi connectivity index (χ3n) is 3.22. The highest BCUT2D eigenvalue weighted by atomic mass is 16.3. The summed E-state index contributed by atoms with van der Waals surface area (Å²) in [6, 6.07) is 7.21. The van der Waals surface area contributed by atoms with Gasteiger partial charge in [0.05, 0.1) is 0 Å². The van der Waals surface area contributed by atoms with E-state index in [1.807, 2.05) is 24.5 Å². The fourth-order valence-electron chi connectivity index (χ4n) is 2.32. The minimum absolute atomic E-state index is 0.290. The molecule has 1 aliphatic rings. The summed E-state index contributed by atoms with van der Waals surface area (Å²) in [7, 11) is 0. The fourth-order valence-corrected chi connectivity index (χ4v) is 2.32. The van der Waals surface area contributed by atoms with E-state index in [2.05, 4.69) is 14.9 Å². The topological polar surface area (TPSA) is 50.1 Å². The van der Waals surface area contributed by atoms with Crippen LogP contribution in [0.15, 0.2) is 36.7 Å². The zero-order valence-electron chi connectivity index (χ0n) is 9.50. The van der Waals surface area contributed by atoms with Crippen LogP contribution in [0.25, 0.3) is 5.69 Å². The van der Waals surface area contributed by atoms with Gasteiger partial charge in [0.15, 0.2) is 0 Å². The van der Waals surface area contributed by atoms with E-state index in [1.54, 1.807) is 12.1 Å². The molecule has 1 aromatic heterocycles. The minimum atomic E-state index is 0.290. The maximum atomic E-state index is 9.30. The molecular weight excluding hydrogens is 214 g/mol. The number of phenolic OH excluding ortho intramolecular Hbond substituents is 1. The van der Waals surface area contributed by atoms with E-state index >= 15 is 0 Å². The maximum Gasteiger partial charge on any atom is 0.117 e. The number of imidazole rings is 1. The van der Waals surface area contributed by atoms with Crippen molar-refractivity contribution in [3.05, 3.63) is 42.5 Å². The molecule has 3 rings (SSSR count). The van der Waals surface area contributed by atoms with Gasteiger partial charge < -0.3 is 15.0 Å². The van der Waals surface area contributed by atoms with Gasteiger partial charge in [-0.25, -0.2) is 4.98 Å². The molecule has 0 spiro atoms.